The molecule has 0 saturated heterocycles. The molecule has 0 saturated carbocycles. The molecule has 0 atom stereocenters. The minimum Gasteiger partial charge on any atom is -0.444 e. The van der Waals surface area contributed by atoms with E-state index in [4.69, 9.17) is 4.42 Å². The second-order valence-corrected chi connectivity index (χ2v) is 3.84. The van der Waals surface area contributed by atoms with Gasteiger partial charge < -0.3 is 9.73 Å². The Balaban J connectivity index is 2.37. The molecule has 0 spiro atoms. The topological polar surface area (TPSA) is 81.2 Å². The molecule has 0 aliphatic heterocycles. The highest BCUT2D eigenvalue weighted by molar-refractivity contribution is 5.66. The van der Waals surface area contributed by atoms with Gasteiger partial charge >= 0.3 is 0 Å². The van der Waals surface area contributed by atoms with Crippen LogP contribution >= 0.6 is 0 Å². The first-order valence-corrected chi connectivity index (χ1v) is 5.71. The van der Waals surface area contributed by atoms with Crippen molar-refractivity contribution in [3.05, 3.63) is 46.1 Å². The third kappa shape index (κ3) is 2.94. The summed E-state index contributed by atoms with van der Waals surface area (Å²) in [5.74, 6) is -0.536. The second kappa shape index (κ2) is 5.57. The number of benzene rings is 1. The van der Waals surface area contributed by atoms with Gasteiger partial charge in [-0.2, -0.15) is 0 Å². The van der Waals surface area contributed by atoms with Crippen LogP contribution in [0.2, 0.25) is 0 Å². The average Bonchev–Trinajstić information content (AvgIpc) is 2.84. The molecule has 1 aromatic heterocycles. The average molecular weight is 265 g/mol. The maximum Gasteiger partial charge on any atom is 0.282 e. The number of nitrogens with one attached hydrogen (secondary N) is 1. The van der Waals surface area contributed by atoms with Crippen molar-refractivity contribution in [1.29, 1.82) is 0 Å². The van der Waals surface area contributed by atoms with E-state index >= 15 is 0 Å². The molecule has 2 aromatic rings. The Morgan fingerprint density at radius 3 is 3.00 bits per heavy atom. The fourth-order valence-corrected chi connectivity index (χ4v) is 1.60. The standard InChI is InChI=1S/C12H12FN3O3/c1-2-14-6-9-7-19-12(15-9)10-5-8(13)3-4-11(10)16(17)18/h3-5,7,14H,2,6H2,1H3. The molecule has 7 heteroatoms. The molecular weight excluding hydrogens is 253 g/mol. The first kappa shape index (κ1) is 13.2. The van der Waals surface area contributed by atoms with Crippen molar-refractivity contribution in [1.82, 2.24) is 10.3 Å². The van der Waals surface area contributed by atoms with Gasteiger partial charge in [0.25, 0.3) is 5.69 Å². The summed E-state index contributed by atoms with van der Waals surface area (Å²) in [5, 5.41) is 13.9. The highest BCUT2D eigenvalue weighted by atomic mass is 19.1. The fourth-order valence-electron chi connectivity index (χ4n) is 1.60. The summed E-state index contributed by atoms with van der Waals surface area (Å²) >= 11 is 0. The highest BCUT2D eigenvalue weighted by Crippen LogP contribution is 2.29. The lowest BCUT2D eigenvalue weighted by atomic mass is 10.2. The lowest BCUT2D eigenvalue weighted by molar-refractivity contribution is -0.384. The normalized spacial score (nSPS) is 10.6. The molecule has 0 fully saturated rings. The fraction of sp³-hybridized carbons (Fsp3) is 0.250. The van der Waals surface area contributed by atoms with E-state index in [0.29, 0.717) is 12.2 Å². The number of rotatable bonds is 5. The summed E-state index contributed by atoms with van der Waals surface area (Å²) in [7, 11) is 0. The molecule has 100 valence electrons. The molecule has 0 radical (unpaired) electrons. The van der Waals surface area contributed by atoms with E-state index in [1.54, 1.807) is 0 Å². The van der Waals surface area contributed by atoms with Crippen molar-refractivity contribution in [2.24, 2.45) is 0 Å². The summed E-state index contributed by atoms with van der Waals surface area (Å²) in [5.41, 5.74) is 0.404. The molecular formula is C12H12FN3O3. The highest BCUT2D eigenvalue weighted by Gasteiger charge is 2.20. The van der Waals surface area contributed by atoms with Crippen LogP contribution < -0.4 is 5.32 Å². The number of aromatic nitrogens is 1. The quantitative estimate of drug-likeness (QED) is 0.663. The van der Waals surface area contributed by atoms with E-state index in [9.17, 15) is 14.5 Å². The van der Waals surface area contributed by atoms with Crippen LogP contribution in [0, 0.1) is 15.9 Å². The molecule has 19 heavy (non-hydrogen) atoms. The Bertz CT molecular complexity index is 598. The van der Waals surface area contributed by atoms with Gasteiger partial charge in [-0.15, -0.1) is 0 Å². The summed E-state index contributed by atoms with van der Waals surface area (Å²) in [6, 6.07) is 3.17. The van der Waals surface area contributed by atoms with E-state index in [2.05, 4.69) is 10.3 Å². The number of nitrogens with zero attached hydrogens (tertiary/aromatic N) is 2. The van der Waals surface area contributed by atoms with Crippen molar-refractivity contribution < 1.29 is 13.7 Å². The first-order chi connectivity index (χ1) is 9.11. The molecule has 0 aliphatic carbocycles. The molecule has 0 unspecified atom stereocenters. The minimum atomic E-state index is -0.594. The van der Waals surface area contributed by atoms with Crippen LogP contribution in [0.3, 0.4) is 0 Å². The van der Waals surface area contributed by atoms with Crippen LogP contribution in [-0.2, 0) is 6.54 Å². The maximum atomic E-state index is 13.2. The van der Waals surface area contributed by atoms with E-state index in [1.807, 2.05) is 6.92 Å². The van der Waals surface area contributed by atoms with Gasteiger partial charge in [0.05, 0.1) is 10.6 Å². The number of oxazole rings is 1. The largest absolute Gasteiger partial charge is 0.444 e. The predicted octanol–water partition coefficient (Wildman–Crippen LogP) is 2.50. The molecule has 2 rings (SSSR count). The maximum absolute atomic E-state index is 13.2. The molecule has 1 heterocycles. The number of nitro groups is 1. The van der Waals surface area contributed by atoms with Crippen LogP contribution in [0.1, 0.15) is 12.6 Å². The van der Waals surface area contributed by atoms with Gasteiger partial charge in [0.15, 0.2) is 0 Å². The number of hydrogen-bond donors (Lipinski definition) is 1. The smallest absolute Gasteiger partial charge is 0.282 e. The SMILES string of the molecule is CCNCc1coc(-c2cc(F)ccc2[N+](=O)[O-])n1. The Labute approximate surface area is 108 Å². The van der Waals surface area contributed by atoms with Crippen molar-refractivity contribution in [3.8, 4) is 11.5 Å². The van der Waals surface area contributed by atoms with Gasteiger partial charge in [0.1, 0.15) is 17.6 Å². The van der Waals surface area contributed by atoms with Crippen molar-refractivity contribution in [2.75, 3.05) is 6.54 Å². The van der Waals surface area contributed by atoms with Gasteiger partial charge in [0.2, 0.25) is 5.89 Å². The summed E-state index contributed by atoms with van der Waals surface area (Å²) in [6.45, 7) is 3.20. The zero-order chi connectivity index (χ0) is 13.8. The van der Waals surface area contributed by atoms with Crippen LogP contribution in [0.4, 0.5) is 10.1 Å². The number of hydrogen-bond acceptors (Lipinski definition) is 5. The Morgan fingerprint density at radius 1 is 1.53 bits per heavy atom. The summed E-state index contributed by atoms with van der Waals surface area (Å²) in [6.07, 6.45) is 1.40. The number of halogens is 1. The molecule has 1 aromatic carbocycles. The van der Waals surface area contributed by atoms with Crippen LogP contribution in [-0.4, -0.2) is 16.5 Å². The third-order valence-electron chi connectivity index (χ3n) is 2.49. The van der Waals surface area contributed by atoms with Gasteiger partial charge in [-0.25, -0.2) is 9.37 Å². The van der Waals surface area contributed by atoms with Crippen molar-refractivity contribution >= 4 is 5.69 Å². The molecule has 0 bridgehead atoms. The lowest BCUT2D eigenvalue weighted by Gasteiger charge is -1.98. The lowest BCUT2D eigenvalue weighted by Crippen LogP contribution is -2.11. The molecule has 6 nitrogen and oxygen atoms in total. The first-order valence-electron chi connectivity index (χ1n) is 5.71. The Kier molecular flexibility index (Phi) is 3.86. The monoisotopic (exact) mass is 265 g/mol. The second-order valence-electron chi connectivity index (χ2n) is 3.84. The Morgan fingerprint density at radius 2 is 2.32 bits per heavy atom. The van der Waals surface area contributed by atoms with E-state index in [1.165, 1.54) is 6.26 Å². The third-order valence-corrected chi connectivity index (χ3v) is 2.49. The van der Waals surface area contributed by atoms with Gasteiger partial charge in [-0.1, -0.05) is 6.92 Å². The molecule has 0 amide bonds. The van der Waals surface area contributed by atoms with Crippen LogP contribution in [0.25, 0.3) is 11.5 Å². The Hall–Kier alpha value is -2.28. The predicted molar refractivity (Wildman–Crippen MR) is 65.9 cm³/mol. The van der Waals surface area contributed by atoms with Gasteiger partial charge in [-0.05, 0) is 18.7 Å². The zero-order valence-corrected chi connectivity index (χ0v) is 10.2. The summed E-state index contributed by atoms with van der Waals surface area (Å²) < 4.78 is 18.4. The van der Waals surface area contributed by atoms with Gasteiger partial charge in [-0.3, -0.25) is 10.1 Å². The van der Waals surface area contributed by atoms with E-state index in [-0.39, 0.29) is 17.1 Å². The minimum absolute atomic E-state index is 0.0350. The van der Waals surface area contributed by atoms with Gasteiger partial charge in [0, 0.05) is 12.6 Å². The van der Waals surface area contributed by atoms with Crippen molar-refractivity contribution in [3.63, 3.8) is 0 Å². The van der Waals surface area contributed by atoms with Crippen LogP contribution in [0.15, 0.2) is 28.9 Å². The summed E-state index contributed by atoms with van der Waals surface area (Å²) in [4.78, 5) is 14.4. The number of nitro benzene ring substituents is 1. The molecule has 0 aliphatic rings. The molecule has 1 N–H and O–H groups in total. The van der Waals surface area contributed by atoms with E-state index < -0.39 is 10.7 Å². The van der Waals surface area contributed by atoms with Crippen molar-refractivity contribution in [2.45, 2.75) is 13.5 Å². The van der Waals surface area contributed by atoms with E-state index in [0.717, 1.165) is 24.7 Å². The van der Waals surface area contributed by atoms with Crippen LogP contribution in [0.5, 0.6) is 0 Å². The zero-order valence-electron chi connectivity index (χ0n) is 10.2.